The van der Waals surface area contributed by atoms with Gasteiger partial charge in [0.15, 0.2) is 0 Å². The van der Waals surface area contributed by atoms with Gasteiger partial charge in [-0.15, -0.1) is 0 Å². The predicted molar refractivity (Wildman–Crippen MR) is 102 cm³/mol. The van der Waals surface area contributed by atoms with Crippen LogP contribution in [0.4, 0.5) is 11.4 Å². The van der Waals surface area contributed by atoms with Gasteiger partial charge in [-0.1, -0.05) is 29.8 Å². The lowest BCUT2D eigenvalue weighted by molar-refractivity contribution is -0.122. The molecule has 0 aromatic heterocycles. The van der Waals surface area contributed by atoms with Crippen LogP contribution in [0.15, 0.2) is 36.4 Å². The summed E-state index contributed by atoms with van der Waals surface area (Å²) < 4.78 is 0. The smallest absolute Gasteiger partial charge is 0.243 e. The Bertz CT molecular complexity index is 761. The summed E-state index contributed by atoms with van der Waals surface area (Å²) >= 11 is 0. The van der Waals surface area contributed by atoms with E-state index >= 15 is 0 Å². The van der Waals surface area contributed by atoms with Gasteiger partial charge in [-0.05, 0) is 56.5 Å². The molecule has 0 spiro atoms. The van der Waals surface area contributed by atoms with Crippen LogP contribution in [0.5, 0.6) is 0 Å². The molecular formula is C20H25N3O2. The van der Waals surface area contributed by atoms with E-state index < -0.39 is 0 Å². The number of carbonyl (C=O) groups excluding carboxylic acids is 2. The molecule has 5 heteroatoms. The minimum atomic E-state index is -0.237. The van der Waals surface area contributed by atoms with E-state index in [4.69, 9.17) is 0 Å². The van der Waals surface area contributed by atoms with Crippen LogP contribution in [-0.2, 0) is 9.59 Å². The number of hydrogen-bond donors (Lipinski definition) is 3. The SMILES string of the molecule is Cc1cccc(NCC(=O)NCC(=O)Nc2c(C)cc(C)cc2C)c1. The van der Waals surface area contributed by atoms with Crippen molar-refractivity contribution in [1.29, 1.82) is 0 Å². The minimum absolute atomic E-state index is 0.0545. The van der Waals surface area contributed by atoms with Gasteiger partial charge in [0, 0.05) is 11.4 Å². The lowest BCUT2D eigenvalue weighted by Crippen LogP contribution is -2.36. The maximum atomic E-state index is 12.1. The summed E-state index contributed by atoms with van der Waals surface area (Å²) in [5, 5.41) is 8.53. The van der Waals surface area contributed by atoms with E-state index in [1.807, 2.05) is 64.1 Å². The van der Waals surface area contributed by atoms with Gasteiger partial charge in [-0.2, -0.15) is 0 Å². The van der Waals surface area contributed by atoms with Crippen molar-refractivity contribution < 1.29 is 9.59 Å². The predicted octanol–water partition coefficient (Wildman–Crippen LogP) is 3.09. The molecule has 0 radical (unpaired) electrons. The third-order valence-corrected chi connectivity index (χ3v) is 3.86. The van der Waals surface area contributed by atoms with Crippen molar-refractivity contribution >= 4 is 23.2 Å². The van der Waals surface area contributed by atoms with E-state index in [2.05, 4.69) is 16.0 Å². The fourth-order valence-corrected chi connectivity index (χ4v) is 2.74. The van der Waals surface area contributed by atoms with Crippen molar-refractivity contribution in [3.8, 4) is 0 Å². The molecule has 0 fully saturated rings. The number of amides is 2. The van der Waals surface area contributed by atoms with E-state index in [0.717, 1.165) is 33.6 Å². The van der Waals surface area contributed by atoms with Crippen LogP contribution in [0.2, 0.25) is 0 Å². The summed E-state index contributed by atoms with van der Waals surface area (Å²) in [6.07, 6.45) is 0. The van der Waals surface area contributed by atoms with Crippen LogP contribution in [0.25, 0.3) is 0 Å². The maximum absolute atomic E-state index is 12.1. The zero-order valence-corrected chi connectivity index (χ0v) is 15.2. The van der Waals surface area contributed by atoms with Crippen LogP contribution in [0.1, 0.15) is 22.3 Å². The summed E-state index contributed by atoms with van der Waals surface area (Å²) in [7, 11) is 0. The lowest BCUT2D eigenvalue weighted by Gasteiger charge is -2.13. The monoisotopic (exact) mass is 339 g/mol. The fourth-order valence-electron chi connectivity index (χ4n) is 2.74. The number of nitrogens with one attached hydrogen (secondary N) is 3. The van der Waals surface area contributed by atoms with E-state index in [-0.39, 0.29) is 24.9 Å². The van der Waals surface area contributed by atoms with Gasteiger partial charge in [-0.3, -0.25) is 9.59 Å². The first kappa shape index (κ1) is 18.5. The molecule has 2 aromatic carbocycles. The van der Waals surface area contributed by atoms with Crippen molar-refractivity contribution in [2.24, 2.45) is 0 Å². The standard InChI is InChI=1S/C20H25N3O2/c1-13-6-5-7-17(10-13)21-11-18(24)22-12-19(25)23-20-15(3)8-14(2)9-16(20)4/h5-10,21H,11-12H2,1-4H3,(H,22,24)(H,23,25). The molecule has 5 nitrogen and oxygen atoms in total. The van der Waals surface area contributed by atoms with Gasteiger partial charge in [-0.25, -0.2) is 0 Å². The third-order valence-electron chi connectivity index (χ3n) is 3.86. The summed E-state index contributed by atoms with van der Waals surface area (Å²) in [6.45, 7) is 8.00. The molecule has 2 rings (SSSR count). The highest BCUT2D eigenvalue weighted by Crippen LogP contribution is 2.21. The van der Waals surface area contributed by atoms with Gasteiger partial charge in [0.05, 0.1) is 13.1 Å². The first-order valence-electron chi connectivity index (χ1n) is 8.30. The third kappa shape index (κ3) is 5.64. The summed E-state index contributed by atoms with van der Waals surface area (Å²) in [5.74, 6) is -0.465. The molecule has 0 atom stereocenters. The molecule has 0 saturated carbocycles. The van der Waals surface area contributed by atoms with E-state index in [0.29, 0.717) is 0 Å². The molecule has 3 N–H and O–H groups in total. The van der Waals surface area contributed by atoms with E-state index in [1.165, 1.54) is 0 Å². The Balaban J connectivity index is 1.81. The highest BCUT2D eigenvalue weighted by Gasteiger charge is 2.09. The van der Waals surface area contributed by atoms with Crippen LogP contribution >= 0.6 is 0 Å². The minimum Gasteiger partial charge on any atom is -0.376 e. The second kappa shape index (κ2) is 8.33. The van der Waals surface area contributed by atoms with Crippen molar-refractivity contribution in [3.63, 3.8) is 0 Å². The lowest BCUT2D eigenvalue weighted by atomic mass is 10.1. The molecule has 132 valence electrons. The molecule has 0 aliphatic heterocycles. The number of anilines is 2. The van der Waals surface area contributed by atoms with Gasteiger partial charge in [0.25, 0.3) is 0 Å². The molecule has 0 aliphatic rings. The Morgan fingerprint density at radius 1 is 0.840 bits per heavy atom. The molecule has 2 amide bonds. The highest BCUT2D eigenvalue weighted by molar-refractivity contribution is 5.96. The average Bonchev–Trinajstić information content (AvgIpc) is 2.54. The molecule has 25 heavy (non-hydrogen) atoms. The van der Waals surface area contributed by atoms with Gasteiger partial charge >= 0.3 is 0 Å². The first-order valence-corrected chi connectivity index (χ1v) is 8.30. The van der Waals surface area contributed by atoms with Crippen LogP contribution in [0, 0.1) is 27.7 Å². The van der Waals surface area contributed by atoms with Gasteiger partial charge in [0.1, 0.15) is 0 Å². The van der Waals surface area contributed by atoms with Gasteiger partial charge < -0.3 is 16.0 Å². The van der Waals surface area contributed by atoms with Crippen molar-refractivity contribution in [2.75, 3.05) is 23.7 Å². The van der Waals surface area contributed by atoms with Crippen LogP contribution in [-0.4, -0.2) is 24.9 Å². The number of benzene rings is 2. The van der Waals surface area contributed by atoms with Crippen molar-refractivity contribution in [2.45, 2.75) is 27.7 Å². The largest absolute Gasteiger partial charge is 0.376 e. The number of aryl methyl sites for hydroxylation is 4. The first-order chi connectivity index (χ1) is 11.8. The Labute approximate surface area is 148 Å². The zero-order valence-electron chi connectivity index (χ0n) is 15.2. The Morgan fingerprint density at radius 2 is 1.52 bits per heavy atom. The Morgan fingerprint density at radius 3 is 2.16 bits per heavy atom. The number of carbonyl (C=O) groups is 2. The number of hydrogen-bond acceptors (Lipinski definition) is 3. The average molecular weight is 339 g/mol. The Kier molecular flexibility index (Phi) is 6.17. The van der Waals surface area contributed by atoms with Crippen LogP contribution < -0.4 is 16.0 Å². The number of rotatable bonds is 6. The molecule has 2 aromatic rings. The van der Waals surface area contributed by atoms with Gasteiger partial charge in [0.2, 0.25) is 11.8 Å². The second-order valence-corrected chi connectivity index (χ2v) is 6.32. The molecule has 0 unspecified atom stereocenters. The molecule has 0 aliphatic carbocycles. The summed E-state index contributed by atoms with van der Waals surface area (Å²) in [6, 6.07) is 11.8. The van der Waals surface area contributed by atoms with Crippen LogP contribution in [0.3, 0.4) is 0 Å². The summed E-state index contributed by atoms with van der Waals surface area (Å²) in [5.41, 5.74) is 5.99. The molecule has 0 heterocycles. The maximum Gasteiger partial charge on any atom is 0.243 e. The summed E-state index contributed by atoms with van der Waals surface area (Å²) in [4.78, 5) is 24.0. The normalized spacial score (nSPS) is 10.2. The zero-order chi connectivity index (χ0) is 18.4. The molecular weight excluding hydrogens is 314 g/mol. The van der Waals surface area contributed by atoms with E-state index in [1.54, 1.807) is 0 Å². The quantitative estimate of drug-likeness (QED) is 0.757. The Hall–Kier alpha value is -2.82. The van der Waals surface area contributed by atoms with Crippen molar-refractivity contribution in [3.05, 3.63) is 58.7 Å². The van der Waals surface area contributed by atoms with E-state index in [9.17, 15) is 9.59 Å². The second-order valence-electron chi connectivity index (χ2n) is 6.32. The molecule has 0 saturated heterocycles. The van der Waals surface area contributed by atoms with Crippen molar-refractivity contribution in [1.82, 2.24) is 5.32 Å². The molecule has 0 bridgehead atoms. The topological polar surface area (TPSA) is 70.2 Å². The fraction of sp³-hybridized carbons (Fsp3) is 0.300. The highest BCUT2D eigenvalue weighted by atomic mass is 16.2.